The smallest absolute Gasteiger partial charge is 0.274 e. The molecule has 2 fully saturated rings. The zero-order valence-corrected chi connectivity index (χ0v) is 18.1. The minimum Gasteiger partial charge on any atom is -0.381 e. The van der Waals surface area contributed by atoms with Crippen molar-refractivity contribution < 1.29 is 4.74 Å². The molecule has 1 aromatic carbocycles. The third kappa shape index (κ3) is 3.41. The summed E-state index contributed by atoms with van der Waals surface area (Å²) in [5.74, 6) is 1.27. The second kappa shape index (κ2) is 7.39. The molecule has 3 heterocycles. The van der Waals surface area contributed by atoms with Crippen LogP contribution in [0.1, 0.15) is 25.1 Å². The van der Waals surface area contributed by atoms with Crippen LogP contribution in [0.3, 0.4) is 0 Å². The van der Waals surface area contributed by atoms with E-state index in [-0.39, 0.29) is 5.56 Å². The fraction of sp³-hybridized carbons (Fsp3) is 0.474. The SMILES string of the molecule is Cc1nc(N2CCC3(CCOC3)CC2)c(Br)c(=O)n1-c1cccc(Cl)c1Cl. The first kappa shape index (κ1) is 19.2. The average molecular weight is 473 g/mol. The van der Waals surface area contributed by atoms with Crippen LogP contribution in [0.25, 0.3) is 5.69 Å². The predicted octanol–water partition coefficient (Wildman–Crippen LogP) is 4.62. The number of aromatic nitrogens is 2. The van der Waals surface area contributed by atoms with E-state index in [1.165, 1.54) is 4.57 Å². The van der Waals surface area contributed by atoms with E-state index in [1.807, 2.05) is 6.92 Å². The molecule has 1 spiro atoms. The second-order valence-corrected chi connectivity index (χ2v) is 8.88. The molecule has 0 unspecified atom stereocenters. The number of aryl methyl sites for hydroxylation is 1. The zero-order chi connectivity index (χ0) is 19.2. The highest BCUT2D eigenvalue weighted by atomic mass is 79.9. The van der Waals surface area contributed by atoms with Crippen molar-refractivity contribution in [2.45, 2.75) is 26.2 Å². The van der Waals surface area contributed by atoms with Gasteiger partial charge in [0.1, 0.15) is 10.3 Å². The summed E-state index contributed by atoms with van der Waals surface area (Å²) < 4.78 is 7.55. The fourth-order valence-electron chi connectivity index (χ4n) is 3.99. The lowest BCUT2D eigenvalue weighted by Gasteiger charge is -2.39. The van der Waals surface area contributed by atoms with Gasteiger partial charge in [-0.1, -0.05) is 29.3 Å². The molecule has 0 atom stereocenters. The van der Waals surface area contributed by atoms with Crippen LogP contribution in [0.4, 0.5) is 5.82 Å². The van der Waals surface area contributed by atoms with Gasteiger partial charge in [0.05, 0.1) is 22.3 Å². The molecule has 5 nitrogen and oxygen atoms in total. The van der Waals surface area contributed by atoms with Crippen LogP contribution < -0.4 is 10.5 Å². The van der Waals surface area contributed by atoms with Gasteiger partial charge in [-0.05, 0) is 59.7 Å². The molecule has 0 aliphatic carbocycles. The molecule has 2 aliphatic heterocycles. The van der Waals surface area contributed by atoms with Crippen LogP contribution >= 0.6 is 39.1 Å². The molecular weight excluding hydrogens is 453 g/mol. The van der Waals surface area contributed by atoms with E-state index >= 15 is 0 Å². The molecule has 0 amide bonds. The number of hydrogen-bond donors (Lipinski definition) is 0. The number of nitrogens with zero attached hydrogens (tertiary/aromatic N) is 3. The topological polar surface area (TPSA) is 47.4 Å². The van der Waals surface area contributed by atoms with Gasteiger partial charge in [0.2, 0.25) is 0 Å². The second-order valence-electron chi connectivity index (χ2n) is 7.30. The van der Waals surface area contributed by atoms with Crippen LogP contribution in [-0.4, -0.2) is 35.9 Å². The van der Waals surface area contributed by atoms with E-state index in [9.17, 15) is 4.79 Å². The molecule has 2 aliphatic rings. The standard InChI is InChI=1S/C19H20BrCl2N3O2/c1-12-23-17(24-8-5-19(6-9-24)7-10-27-11-19)15(20)18(26)25(12)14-4-2-3-13(21)16(14)22/h2-4H,5-11H2,1H3. The molecule has 0 radical (unpaired) electrons. The van der Waals surface area contributed by atoms with Crippen molar-refractivity contribution in [3.8, 4) is 5.69 Å². The summed E-state index contributed by atoms with van der Waals surface area (Å²) in [5, 5.41) is 0.743. The molecule has 0 N–H and O–H groups in total. The molecule has 0 saturated carbocycles. The number of halogens is 3. The molecule has 4 rings (SSSR count). The number of anilines is 1. The molecule has 0 bridgehead atoms. The molecule has 2 aromatic rings. The Bertz CT molecular complexity index is 931. The van der Waals surface area contributed by atoms with Crippen molar-refractivity contribution in [2.24, 2.45) is 5.41 Å². The van der Waals surface area contributed by atoms with E-state index in [0.717, 1.165) is 45.6 Å². The van der Waals surface area contributed by atoms with E-state index in [4.69, 9.17) is 32.9 Å². The van der Waals surface area contributed by atoms with E-state index in [0.29, 0.717) is 37.3 Å². The van der Waals surface area contributed by atoms with Crippen molar-refractivity contribution >= 4 is 44.9 Å². The van der Waals surface area contributed by atoms with Gasteiger partial charge < -0.3 is 9.64 Å². The van der Waals surface area contributed by atoms with Gasteiger partial charge in [-0.25, -0.2) is 4.98 Å². The molecular formula is C19H20BrCl2N3O2. The Labute approximate surface area is 176 Å². The minimum absolute atomic E-state index is 0.189. The van der Waals surface area contributed by atoms with Gasteiger partial charge in [0.15, 0.2) is 5.82 Å². The monoisotopic (exact) mass is 471 g/mol. The lowest BCUT2D eigenvalue weighted by atomic mass is 9.78. The Balaban J connectivity index is 1.69. The van der Waals surface area contributed by atoms with Crippen LogP contribution in [-0.2, 0) is 4.74 Å². The Morgan fingerprint density at radius 1 is 1.22 bits per heavy atom. The van der Waals surface area contributed by atoms with Crippen molar-refractivity contribution in [1.29, 1.82) is 0 Å². The first-order valence-electron chi connectivity index (χ1n) is 8.98. The van der Waals surface area contributed by atoms with Crippen molar-refractivity contribution in [3.05, 3.63) is 48.9 Å². The lowest BCUT2D eigenvalue weighted by Crippen LogP contribution is -2.42. The average Bonchev–Trinajstić information content (AvgIpc) is 3.11. The van der Waals surface area contributed by atoms with Crippen molar-refractivity contribution in [1.82, 2.24) is 9.55 Å². The summed E-state index contributed by atoms with van der Waals surface area (Å²) in [6.45, 7) is 5.26. The van der Waals surface area contributed by atoms with Gasteiger partial charge in [0.25, 0.3) is 5.56 Å². The maximum absolute atomic E-state index is 13.1. The fourth-order valence-corrected chi connectivity index (χ4v) is 4.88. The van der Waals surface area contributed by atoms with E-state index in [2.05, 4.69) is 20.8 Å². The summed E-state index contributed by atoms with van der Waals surface area (Å²) in [7, 11) is 0. The maximum Gasteiger partial charge on any atom is 0.274 e. The van der Waals surface area contributed by atoms with Gasteiger partial charge in [-0.15, -0.1) is 0 Å². The normalized spacial score (nSPS) is 19.0. The van der Waals surface area contributed by atoms with Crippen LogP contribution in [0.15, 0.2) is 27.5 Å². The van der Waals surface area contributed by atoms with Gasteiger partial charge in [-0.2, -0.15) is 0 Å². The van der Waals surface area contributed by atoms with Crippen LogP contribution in [0.2, 0.25) is 10.0 Å². The summed E-state index contributed by atoms with van der Waals surface area (Å²) in [6, 6.07) is 5.23. The quantitative estimate of drug-likeness (QED) is 0.639. The Morgan fingerprint density at radius 2 is 1.96 bits per heavy atom. The maximum atomic E-state index is 13.1. The summed E-state index contributed by atoms with van der Waals surface area (Å²) in [4.78, 5) is 20.0. The van der Waals surface area contributed by atoms with E-state index in [1.54, 1.807) is 18.2 Å². The van der Waals surface area contributed by atoms with Gasteiger partial charge in [0, 0.05) is 19.7 Å². The number of benzene rings is 1. The molecule has 8 heteroatoms. The molecule has 1 aromatic heterocycles. The third-order valence-corrected chi connectivity index (χ3v) is 7.16. The predicted molar refractivity (Wildman–Crippen MR) is 112 cm³/mol. The number of rotatable bonds is 2. The van der Waals surface area contributed by atoms with Crippen LogP contribution in [0, 0.1) is 12.3 Å². The van der Waals surface area contributed by atoms with E-state index < -0.39 is 0 Å². The third-order valence-electron chi connectivity index (χ3n) is 5.66. The Morgan fingerprint density at radius 3 is 2.63 bits per heavy atom. The first-order chi connectivity index (χ1) is 12.9. The highest BCUT2D eigenvalue weighted by Gasteiger charge is 2.38. The Kier molecular flexibility index (Phi) is 5.27. The largest absolute Gasteiger partial charge is 0.381 e. The highest BCUT2D eigenvalue weighted by Crippen LogP contribution is 2.40. The van der Waals surface area contributed by atoms with Crippen molar-refractivity contribution in [2.75, 3.05) is 31.2 Å². The summed E-state index contributed by atoms with van der Waals surface area (Å²) in [5.41, 5.74) is 0.652. The van der Waals surface area contributed by atoms with Gasteiger partial charge in [-0.3, -0.25) is 9.36 Å². The van der Waals surface area contributed by atoms with Crippen molar-refractivity contribution in [3.63, 3.8) is 0 Å². The molecule has 27 heavy (non-hydrogen) atoms. The number of piperidine rings is 1. The first-order valence-corrected chi connectivity index (χ1v) is 10.5. The number of ether oxygens (including phenoxy) is 1. The molecule has 144 valence electrons. The zero-order valence-electron chi connectivity index (χ0n) is 15.0. The highest BCUT2D eigenvalue weighted by molar-refractivity contribution is 9.10. The minimum atomic E-state index is -0.189. The summed E-state index contributed by atoms with van der Waals surface area (Å²) >= 11 is 15.9. The van der Waals surface area contributed by atoms with Crippen LogP contribution in [0.5, 0.6) is 0 Å². The Hall–Kier alpha value is -1.08. The van der Waals surface area contributed by atoms with Gasteiger partial charge >= 0.3 is 0 Å². The molecule has 2 saturated heterocycles. The lowest BCUT2D eigenvalue weighted by molar-refractivity contribution is 0.133. The summed E-state index contributed by atoms with van der Waals surface area (Å²) in [6.07, 6.45) is 3.25. The number of hydrogen-bond acceptors (Lipinski definition) is 4.